The largest absolute Gasteiger partial charge is 0.486 e. The summed E-state index contributed by atoms with van der Waals surface area (Å²) in [5.74, 6) is 0.712. The molecule has 1 aliphatic rings. The van der Waals surface area contributed by atoms with E-state index in [2.05, 4.69) is 12.1 Å². The fraction of sp³-hybridized carbons (Fsp3) is 0.462. The van der Waals surface area contributed by atoms with Crippen LogP contribution in [0.15, 0.2) is 18.2 Å². The zero-order valence-electron chi connectivity index (χ0n) is 9.17. The van der Waals surface area contributed by atoms with Gasteiger partial charge >= 0.3 is 0 Å². The van der Waals surface area contributed by atoms with Gasteiger partial charge in [0.2, 0.25) is 0 Å². The van der Waals surface area contributed by atoms with Crippen LogP contribution in [0.1, 0.15) is 24.0 Å². The quantitative estimate of drug-likeness (QED) is 0.754. The van der Waals surface area contributed by atoms with E-state index >= 15 is 0 Å². The number of ketones is 1. The standard InChI is InChI=1S/C13H15ClO2/c14-8-12(15)9-16-13-6-5-10-3-1-2-4-11(10)7-13/h5-7H,1-4,8-9H2. The number of hydrogen-bond acceptors (Lipinski definition) is 2. The van der Waals surface area contributed by atoms with E-state index in [1.807, 2.05) is 6.07 Å². The summed E-state index contributed by atoms with van der Waals surface area (Å²) in [4.78, 5) is 11.0. The summed E-state index contributed by atoms with van der Waals surface area (Å²) in [6.45, 7) is 0.0717. The minimum absolute atomic E-state index is 0.0188. The van der Waals surface area contributed by atoms with Crippen LogP contribution in [0, 0.1) is 0 Å². The monoisotopic (exact) mass is 238 g/mol. The van der Waals surface area contributed by atoms with E-state index in [1.54, 1.807) is 0 Å². The van der Waals surface area contributed by atoms with Crippen molar-refractivity contribution in [2.75, 3.05) is 12.5 Å². The van der Waals surface area contributed by atoms with Gasteiger partial charge in [0, 0.05) is 0 Å². The molecular formula is C13H15ClO2. The summed E-state index contributed by atoms with van der Waals surface area (Å²) in [5, 5.41) is 0. The van der Waals surface area contributed by atoms with Gasteiger partial charge in [-0.25, -0.2) is 0 Å². The average Bonchev–Trinajstić information content (AvgIpc) is 2.35. The third kappa shape index (κ3) is 2.76. The van der Waals surface area contributed by atoms with Crippen LogP contribution in [0.25, 0.3) is 0 Å². The molecule has 0 radical (unpaired) electrons. The molecule has 1 aromatic rings. The second-order valence-electron chi connectivity index (χ2n) is 4.10. The first-order valence-electron chi connectivity index (χ1n) is 5.62. The van der Waals surface area contributed by atoms with Crippen LogP contribution in [0.4, 0.5) is 0 Å². The van der Waals surface area contributed by atoms with Crippen LogP contribution in [0.3, 0.4) is 0 Å². The fourth-order valence-electron chi connectivity index (χ4n) is 2.00. The number of carbonyl (C=O) groups excluding carboxylic acids is 1. The molecule has 0 aromatic heterocycles. The molecule has 2 rings (SSSR count). The molecule has 0 aliphatic heterocycles. The second kappa shape index (κ2) is 5.35. The number of Topliss-reactive ketones (excluding diaryl/α,β-unsaturated/α-hetero) is 1. The van der Waals surface area contributed by atoms with Crippen LogP contribution in [0.2, 0.25) is 0 Å². The lowest BCUT2D eigenvalue weighted by molar-refractivity contribution is -0.118. The predicted octanol–water partition coefficient (Wildman–Crippen LogP) is 2.75. The van der Waals surface area contributed by atoms with Crippen molar-refractivity contribution in [3.8, 4) is 5.75 Å². The molecule has 1 aliphatic carbocycles. The number of hydrogen-bond donors (Lipinski definition) is 0. The molecule has 0 bridgehead atoms. The SMILES string of the molecule is O=C(CCl)COc1ccc2c(c1)CCCC2. The minimum atomic E-state index is -0.0839. The highest BCUT2D eigenvalue weighted by Gasteiger charge is 2.10. The molecule has 0 saturated heterocycles. The topological polar surface area (TPSA) is 26.3 Å². The van der Waals surface area contributed by atoms with Gasteiger partial charge in [0.1, 0.15) is 12.4 Å². The second-order valence-corrected chi connectivity index (χ2v) is 4.37. The van der Waals surface area contributed by atoms with Gasteiger partial charge in [0.05, 0.1) is 5.88 Å². The maximum absolute atomic E-state index is 11.0. The number of benzene rings is 1. The normalized spacial score (nSPS) is 14.3. The summed E-state index contributed by atoms with van der Waals surface area (Å²) in [5.41, 5.74) is 2.78. The molecule has 0 saturated carbocycles. The first-order valence-corrected chi connectivity index (χ1v) is 6.15. The Hall–Kier alpha value is -1.02. The Bertz CT molecular complexity index is 388. The van der Waals surface area contributed by atoms with E-state index in [1.165, 1.54) is 24.0 Å². The Morgan fingerprint density at radius 1 is 1.25 bits per heavy atom. The van der Waals surface area contributed by atoms with Crippen LogP contribution in [-0.4, -0.2) is 18.3 Å². The van der Waals surface area contributed by atoms with Crippen molar-refractivity contribution >= 4 is 17.4 Å². The van der Waals surface area contributed by atoms with Gasteiger partial charge in [-0.05, 0) is 48.9 Å². The summed E-state index contributed by atoms with van der Waals surface area (Å²) >= 11 is 5.40. The molecule has 2 nitrogen and oxygen atoms in total. The Balaban J connectivity index is 2.03. The Morgan fingerprint density at radius 3 is 2.75 bits per heavy atom. The van der Waals surface area contributed by atoms with Gasteiger partial charge < -0.3 is 4.74 Å². The van der Waals surface area contributed by atoms with Crippen molar-refractivity contribution < 1.29 is 9.53 Å². The molecule has 16 heavy (non-hydrogen) atoms. The lowest BCUT2D eigenvalue weighted by Gasteiger charge is -2.16. The van der Waals surface area contributed by atoms with Crippen molar-refractivity contribution in [2.24, 2.45) is 0 Å². The number of carbonyl (C=O) groups is 1. The maximum atomic E-state index is 11.0. The number of aryl methyl sites for hydroxylation is 2. The van der Waals surface area contributed by atoms with E-state index in [0.29, 0.717) is 0 Å². The average molecular weight is 239 g/mol. The number of halogens is 1. The summed E-state index contributed by atoms with van der Waals surface area (Å²) < 4.78 is 5.39. The van der Waals surface area contributed by atoms with Crippen molar-refractivity contribution in [1.82, 2.24) is 0 Å². The third-order valence-corrected chi connectivity index (χ3v) is 3.17. The van der Waals surface area contributed by atoms with Crippen LogP contribution in [0.5, 0.6) is 5.75 Å². The zero-order chi connectivity index (χ0) is 11.4. The smallest absolute Gasteiger partial charge is 0.184 e. The van der Waals surface area contributed by atoms with E-state index in [0.717, 1.165) is 18.6 Å². The van der Waals surface area contributed by atoms with Gasteiger partial charge in [-0.3, -0.25) is 4.79 Å². The molecular weight excluding hydrogens is 224 g/mol. The minimum Gasteiger partial charge on any atom is -0.486 e. The molecule has 0 amide bonds. The third-order valence-electron chi connectivity index (χ3n) is 2.87. The van der Waals surface area contributed by atoms with Gasteiger partial charge in [0.15, 0.2) is 5.78 Å². The van der Waals surface area contributed by atoms with Crippen LogP contribution in [-0.2, 0) is 17.6 Å². The number of alkyl halides is 1. The van der Waals surface area contributed by atoms with Gasteiger partial charge in [-0.15, -0.1) is 11.6 Å². The van der Waals surface area contributed by atoms with Crippen molar-refractivity contribution in [3.63, 3.8) is 0 Å². The van der Waals surface area contributed by atoms with E-state index in [9.17, 15) is 4.79 Å². The lowest BCUT2D eigenvalue weighted by atomic mass is 9.92. The van der Waals surface area contributed by atoms with Crippen molar-refractivity contribution in [3.05, 3.63) is 29.3 Å². The number of fused-ring (bicyclic) bond motifs is 1. The molecule has 0 atom stereocenters. The van der Waals surface area contributed by atoms with E-state index < -0.39 is 0 Å². The van der Waals surface area contributed by atoms with Gasteiger partial charge in [-0.2, -0.15) is 0 Å². The molecule has 3 heteroatoms. The van der Waals surface area contributed by atoms with Crippen molar-refractivity contribution in [2.45, 2.75) is 25.7 Å². The first kappa shape index (κ1) is 11.5. The highest BCUT2D eigenvalue weighted by Crippen LogP contribution is 2.25. The lowest BCUT2D eigenvalue weighted by Crippen LogP contribution is -2.12. The summed E-state index contributed by atoms with van der Waals surface area (Å²) in [7, 11) is 0. The predicted molar refractivity (Wildman–Crippen MR) is 64.3 cm³/mol. The van der Waals surface area contributed by atoms with Gasteiger partial charge in [0.25, 0.3) is 0 Å². The summed E-state index contributed by atoms with van der Waals surface area (Å²) in [6, 6.07) is 6.09. The van der Waals surface area contributed by atoms with Crippen molar-refractivity contribution in [1.29, 1.82) is 0 Å². The molecule has 0 spiro atoms. The maximum Gasteiger partial charge on any atom is 0.184 e. The molecule has 0 unspecified atom stereocenters. The fourth-order valence-corrected chi connectivity index (χ4v) is 2.08. The summed E-state index contributed by atoms with van der Waals surface area (Å²) in [6.07, 6.45) is 4.81. The molecule has 0 heterocycles. The van der Waals surface area contributed by atoms with E-state index in [4.69, 9.17) is 16.3 Å². The molecule has 0 N–H and O–H groups in total. The Kier molecular flexibility index (Phi) is 3.83. The molecule has 86 valence electrons. The highest BCUT2D eigenvalue weighted by molar-refractivity contribution is 6.27. The van der Waals surface area contributed by atoms with E-state index in [-0.39, 0.29) is 18.3 Å². The molecule has 1 aromatic carbocycles. The number of rotatable bonds is 4. The van der Waals surface area contributed by atoms with Gasteiger partial charge in [-0.1, -0.05) is 6.07 Å². The zero-order valence-corrected chi connectivity index (χ0v) is 9.93. The first-order chi connectivity index (χ1) is 7.79. The van der Waals surface area contributed by atoms with Crippen LogP contribution >= 0.6 is 11.6 Å². The Morgan fingerprint density at radius 2 is 2.00 bits per heavy atom. The Labute approximate surface area is 101 Å². The number of ether oxygens (including phenoxy) is 1. The molecule has 0 fully saturated rings. The van der Waals surface area contributed by atoms with Crippen LogP contribution < -0.4 is 4.74 Å². The highest BCUT2D eigenvalue weighted by atomic mass is 35.5.